The quantitative estimate of drug-likeness (QED) is 0.364. The van der Waals surface area contributed by atoms with Gasteiger partial charge in [-0.2, -0.15) is 0 Å². The topological polar surface area (TPSA) is 112 Å². The molecule has 6 atom stereocenters. The van der Waals surface area contributed by atoms with E-state index in [2.05, 4.69) is 4.90 Å². The van der Waals surface area contributed by atoms with Gasteiger partial charge < -0.3 is 34.0 Å². The summed E-state index contributed by atoms with van der Waals surface area (Å²) in [5, 5.41) is 10.7. The average Bonchev–Trinajstić information content (AvgIpc) is 3.37. The number of aliphatic hydroxyl groups excluding tert-OH is 1. The molecule has 6 rings (SSSR count). The normalized spacial score (nSPS) is 31.6. The van der Waals surface area contributed by atoms with E-state index in [0.29, 0.717) is 70.3 Å². The first-order valence-electron chi connectivity index (χ1n) is 17.3. The van der Waals surface area contributed by atoms with Crippen molar-refractivity contribution in [2.45, 2.75) is 63.8 Å². The van der Waals surface area contributed by atoms with Crippen LogP contribution in [-0.4, -0.2) is 127 Å². The third-order valence-corrected chi connectivity index (χ3v) is 10.6. The van der Waals surface area contributed by atoms with Gasteiger partial charge in [-0.05, 0) is 49.9 Å². The van der Waals surface area contributed by atoms with Crippen molar-refractivity contribution in [2.24, 2.45) is 17.8 Å². The molecule has 11 heteroatoms. The molecule has 5 aliphatic rings. The molecular formula is C36H50N4O7. The number of anilines is 1. The van der Waals surface area contributed by atoms with E-state index in [1.807, 2.05) is 76.3 Å². The molecule has 5 aliphatic heterocycles. The van der Waals surface area contributed by atoms with Crippen LogP contribution in [0.15, 0.2) is 48.6 Å². The predicted molar refractivity (Wildman–Crippen MR) is 177 cm³/mol. The van der Waals surface area contributed by atoms with E-state index in [1.165, 1.54) is 0 Å². The first kappa shape index (κ1) is 33.6. The summed E-state index contributed by atoms with van der Waals surface area (Å²) in [6.07, 6.45) is 8.69. The molecule has 1 spiro atoms. The Bertz CT molecular complexity index is 1380. The van der Waals surface area contributed by atoms with Gasteiger partial charge in [0.25, 0.3) is 0 Å². The van der Waals surface area contributed by atoms with Crippen LogP contribution in [0, 0.1) is 17.8 Å². The predicted octanol–water partition coefficient (Wildman–Crippen LogP) is 2.49. The molecular weight excluding hydrogens is 600 g/mol. The fraction of sp³-hybridized carbons (Fsp3) is 0.639. The van der Waals surface area contributed by atoms with E-state index in [1.54, 1.807) is 14.7 Å². The van der Waals surface area contributed by atoms with Crippen LogP contribution in [0.25, 0.3) is 0 Å². The lowest BCUT2D eigenvalue weighted by Gasteiger charge is -2.41. The lowest BCUT2D eigenvalue weighted by Crippen LogP contribution is -2.59. The number of nitrogens with zero attached hydrogens (tertiary/aromatic N) is 4. The van der Waals surface area contributed by atoms with Gasteiger partial charge in [0.1, 0.15) is 17.4 Å². The number of benzene rings is 1. The summed E-state index contributed by atoms with van der Waals surface area (Å²) in [5.41, 5.74) is -1.75. The van der Waals surface area contributed by atoms with Crippen molar-refractivity contribution in [1.82, 2.24) is 14.7 Å². The number of carbonyl (C=O) groups excluding carboxylic acids is 3. The first-order chi connectivity index (χ1) is 22.7. The maximum Gasteiger partial charge on any atom is 0.249 e. The summed E-state index contributed by atoms with van der Waals surface area (Å²) >= 11 is 0. The van der Waals surface area contributed by atoms with Gasteiger partial charge in [-0.1, -0.05) is 45.1 Å². The minimum absolute atomic E-state index is 0.165. The zero-order valence-corrected chi connectivity index (χ0v) is 28.2. The molecule has 3 fully saturated rings. The number of morpholine rings is 1. The lowest BCUT2D eigenvalue weighted by molar-refractivity contribution is -0.156. The minimum atomic E-state index is -1.37. The number of carbonyl (C=O) groups is 3. The van der Waals surface area contributed by atoms with Crippen LogP contribution in [0.2, 0.25) is 0 Å². The molecule has 0 aliphatic carbocycles. The summed E-state index contributed by atoms with van der Waals surface area (Å²) in [6.45, 7) is 13.0. The van der Waals surface area contributed by atoms with Crippen LogP contribution >= 0.6 is 0 Å². The van der Waals surface area contributed by atoms with Crippen molar-refractivity contribution in [3.05, 3.63) is 48.6 Å². The van der Waals surface area contributed by atoms with Crippen LogP contribution < -0.4 is 9.64 Å². The Morgan fingerprint density at radius 2 is 1.66 bits per heavy atom. The Morgan fingerprint density at radius 3 is 2.32 bits per heavy atom. The van der Waals surface area contributed by atoms with Gasteiger partial charge in [-0.3, -0.25) is 19.3 Å². The maximum absolute atomic E-state index is 14.9. The fourth-order valence-electron chi connectivity index (χ4n) is 8.37. The van der Waals surface area contributed by atoms with Crippen molar-refractivity contribution in [2.75, 3.05) is 70.6 Å². The molecule has 1 unspecified atom stereocenters. The second kappa shape index (κ2) is 13.7. The molecule has 256 valence electrons. The molecule has 0 radical (unpaired) electrons. The van der Waals surface area contributed by atoms with E-state index in [0.717, 1.165) is 13.1 Å². The Labute approximate surface area is 278 Å². The largest absolute Gasteiger partial charge is 0.494 e. The molecule has 11 nitrogen and oxygen atoms in total. The molecule has 1 aromatic carbocycles. The SMILES string of the molecule is CCOc1ccc(N2CC=C[C@]3(CC)O[C@]45C=CCN(CCN6CCOCC6)C(=O)C4N([C@@H](CO)CC(C)C)C(=O)[C@@H]5[C@@H]3C2=O)cc1. The molecule has 0 bridgehead atoms. The third kappa shape index (κ3) is 5.89. The number of hydrogen-bond acceptors (Lipinski definition) is 8. The molecule has 1 aromatic rings. The van der Waals surface area contributed by atoms with Gasteiger partial charge in [0.15, 0.2) is 0 Å². The van der Waals surface area contributed by atoms with Crippen LogP contribution in [0.4, 0.5) is 5.69 Å². The second-order valence-electron chi connectivity index (χ2n) is 13.8. The summed E-state index contributed by atoms with van der Waals surface area (Å²) in [5.74, 6) is -1.65. The number of aliphatic hydroxyl groups is 1. The van der Waals surface area contributed by atoms with Crippen LogP contribution in [0.5, 0.6) is 5.75 Å². The number of ether oxygens (including phenoxy) is 3. The average molecular weight is 651 g/mol. The fourth-order valence-corrected chi connectivity index (χ4v) is 8.37. The van der Waals surface area contributed by atoms with Crippen molar-refractivity contribution in [3.8, 4) is 5.75 Å². The van der Waals surface area contributed by atoms with Gasteiger partial charge in [0, 0.05) is 45.0 Å². The monoisotopic (exact) mass is 650 g/mol. The summed E-state index contributed by atoms with van der Waals surface area (Å²) in [7, 11) is 0. The summed E-state index contributed by atoms with van der Waals surface area (Å²) in [6, 6.07) is 5.81. The van der Waals surface area contributed by atoms with Gasteiger partial charge in [0.05, 0.1) is 49.9 Å². The lowest BCUT2D eigenvalue weighted by atomic mass is 9.73. The highest BCUT2D eigenvalue weighted by molar-refractivity contribution is 6.04. The highest BCUT2D eigenvalue weighted by Gasteiger charge is 2.76. The molecule has 0 aromatic heterocycles. The van der Waals surface area contributed by atoms with Crippen LogP contribution in [0.3, 0.4) is 0 Å². The second-order valence-corrected chi connectivity index (χ2v) is 13.8. The van der Waals surface area contributed by atoms with Crippen molar-refractivity contribution in [1.29, 1.82) is 0 Å². The van der Waals surface area contributed by atoms with E-state index in [9.17, 15) is 19.5 Å². The van der Waals surface area contributed by atoms with E-state index in [4.69, 9.17) is 14.2 Å². The standard InChI is InChI=1S/C36H50N4O7/c1-5-35-13-7-16-39(26-9-11-28(12-10-26)46-6-2)32(42)29(35)30-33(43)40(27(24-41)23-25(3)4)31-34(44)38(15-8-14-36(30,31)47-35)18-17-37-19-21-45-22-20-37/h7-14,25,27,29-31,41H,5-6,15-24H2,1-4H3/t27-,29-,30+,31?,35+,36+/m1/s1. The first-order valence-corrected chi connectivity index (χ1v) is 17.3. The number of rotatable bonds is 11. The van der Waals surface area contributed by atoms with Crippen molar-refractivity contribution >= 4 is 23.4 Å². The Morgan fingerprint density at radius 1 is 0.936 bits per heavy atom. The molecule has 0 saturated carbocycles. The minimum Gasteiger partial charge on any atom is -0.494 e. The molecule has 3 saturated heterocycles. The van der Waals surface area contributed by atoms with Gasteiger partial charge in [-0.25, -0.2) is 0 Å². The third-order valence-electron chi connectivity index (χ3n) is 10.6. The van der Waals surface area contributed by atoms with Crippen LogP contribution in [0.1, 0.15) is 40.5 Å². The Kier molecular flexibility index (Phi) is 9.81. The Balaban J connectivity index is 1.40. The Hall–Kier alpha value is -3.25. The smallest absolute Gasteiger partial charge is 0.249 e. The van der Waals surface area contributed by atoms with Gasteiger partial charge in [-0.15, -0.1) is 0 Å². The summed E-state index contributed by atoms with van der Waals surface area (Å²) in [4.78, 5) is 51.9. The van der Waals surface area contributed by atoms with E-state index >= 15 is 0 Å². The number of likely N-dealkylation sites (tertiary alicyclic amines) is 1. The summed E-state index contributed by atoms with van der Waals surface area (Å²) < 4.78 is 18.3. The highest BCUT2D eigenvalue weighted by atomic mass is 16.5. The molecule has 1 N–H and O–H groups in total. The number of fused-ring (bicyclic) bond motifs is 2. The van der Waals surface area contributed by atoms with E-state index < -0.39 is 35.1 Å². The van der Waals surface area contributed by atoms with Crippen molar-refractivity contribution in [3.63, 3.8) is 0 Å². The molecule has 5 heterocycles. The number of amides is 3. The van der Waals surface area contributed by atoms with Crippen LogP contribution in [-0.2, 0) is 23.9 Å². The molecule has 3 amide bonds. The zero-order chi connectivity index (χ0) is 33.3. The highest BCUT2D eigenvalue weighted by Crippen LogP contribution is 2.59. The number of hydrogen-bond donors (Lipinski definition) is 1. The van der Waals surface area contributed by atoms with Gasteiger partial charge in [0.2, 0.25) is 17.7 Å². The molecule has 47 heavy (non-hydrogen) atoms. The van der Waals surface area contributed by atoms with Crippen molar-refractivity contribution < 1.29 is 33.7 Å². The van der Waals surface area contributed by atoms with Gasteiger partial charge >= 0.3 is 0 Å². The zero-order valence-electron chi connectivity index (χ0n) is 28.2. The van der Waals surface area contributed by atoms with E-state index in [-0.39, 0.29) is 30.2 Å². The maximum atomic E-state index is 14.9.